The lowest BCUT2D eigenvalue weighted by Gasteiger charge is -2.11. The second-order valence-electron chi connectivity index (χ2n) is 25.1. The number of ketones is 5. The molecule has 0 aliphatic carbocycles. The SMILES string of the molecule is CCCCCCCCOc1ccc(C(=O)c2ccccc2)c(O)c1.COc1ccc(C(=O)c2ccc(OC)c(OC)c2)cc1OC.COc1ccc(C(=O)c2ccc(OC)cc2)cc1.O=C(c1ccccc1)c1c2ccccc2cc2ccccc12.O=C(c1ccccc1)c1ccc2cc3ccccc3cc2c1. The number of benzene rings is 14. The molecule has 0 atom stereocenters. The summed E-state index contributed by atoms with van der Waals surface area (Å²) in [4.78, 5) is 62.7. The highest BCUT2D eigenvalue weighted by molar-refractivity contribution is 6.24. The summed E-state index contributed by atoms with van der Waals surface area (Å²) in [6, 6.07) is 93.8. The molecule has 0 saturated heterocycles. The molecule has 0 aliphatic rings. The van der Waals surface area contributed by atoms with E-state index in [1.54, 1.807) is 138 Å². The third kappa shape index (κ3) is 20.2. The van der Waals surface area contributed by atoms with Gasteiger partial charge in [0.1, 0.15) is 23.0 Å². The molecule has 108 heavy (non-hydrogen) atoms. The molecular formula is C95H86O13. The van der Waals surface area contributed by atoms with Crippen molar-refractivity contribution in [3.05, 3.63) is 359 Å². The van der Waals surface area contributed by atoms with E-state index < -0.39 is 0 Å². The van der Waals surface area contributed by atoms with Crippen LogP contribution in [0.2, 0.25) is 0 Å². The summed E-state index contributed by atoms with van der Waals surface area (Å²) < 4.78 is 36.6. The van der Waals surface area contributed by atoms with Crippen molar-refractivity contribution in [1.82, 2.24) is 0 Å². The molecule has 0 saturated carbocycles. The first kappa shape index (κ1) is 77.5. The van der Waals surface area contributed by atoms with Gasteiger partial charge in [0.05, 0.1) is 54.8 Å². The van der Waals surface area contributed by atoms with Crippen molar-refractivity contribution < 1.29 is 62.2 Å². The number of rotatable bonds is 24. The van der Waals surface area contributed by atoms with E-state index in [0.29, 0.717) is 68.7 Å². The normalized spacial score (nSPS) is 10.5. The Kier molecular flexibility index (Phi) is 28.1. The summed E-state index contributed by atoms with van der Waals surface area (Å²) in [5, 5.41) is 19.0. The van der Waals surface area contributed by atoms with Crippen molar-refractivity contribution in [2.75, 3.05) is 49.3 Å². The summed E-state index contributed by atoms with van der Waals surface area (Å²) in [5.41, 5.74) is 6.12. The number of fused-ring (bicyclic) bond motifs is 4. The molecule has 1 N–H and O–H groups in total. The number of methoxy groups -OCH3 is 6. The minimum Gasteiger partial charge on any atom is -0.507 e. The molecule has 0 aromatic heterocycles. The Bertz CT molecular complexity index is 5190. The number of ether oxygens (including phenoxy) is 7. The minimum absolute atomic E-state index is 0.0136. The van der Waals surface area contributed by atoms with E-state index in [1.807, 2.05) is 146 Å². The summed E-state index contributed by atoms with van der Waals surface area (Å²) >= 11 is 0. The van der Waals surface area contributed by atoms with Crippen molar-refractivity contribution in [2.45, 2.75) is 45.4 Å². The van der Waals surface area contributed by atoms with Crippen molar-refractivity contribution in [1.29, 1.82) is 0 Å². The molecule has 544 valence electrons. The van der Waals surface area contributed by atoms with Crippen LogP contribution in [0.1, 0.15) is 125 Å². The number of phenolic OH excluding ortho intramolecular Hbond substituents is 1. The van der Waals surface area contributed by atoms with E-state index in [0.717, 1.165) is 78.9 Å². The molecular weight excluding hydrogens is 1350 g/mol. The van der Waals surface area contributed by atoms with E-state index in [4.69, 9.17) is 33.2 Å². The molecule has 0 radical (unpaired) electrons. The highest BCUT2D eigenvalue weighted by atomic mass is 16.5. The Labute approximate surface area is 630 Å². The summed E-state index contributed by atoms with van der Waals surface area (Å²) in [5.74, 6) is 4.01. The van der Waals surface area contributed by atoms with Gasteiger partial charge in [-0.1, -0.05) is 215 Å². The standard InChI is InChI=1S/C21H26O3.2C21H14O.C17H18O5.C15H14O3/c1-2-3-4-5-6-10-15-24-18-13-14-19(20(22)16-18)21(23)17-11-8-7-9-12-17;22-21(15-8-2-1-3-9-15)20-18-12-6-4-10-16(18)14-17-11-5-7-13-19(17)20;22-21(15-6-2-1-3-7-15)19-11-10-18-12-16-8-4-5-9-17(16)13-20(18)14-19;1-19-13-7-5-11(9-15(13)21-3)17(18)12-6-8-14(20-2)16(10-12)22-4;1-17-13-7-3-11(4-8-13)15(16)12-5-9-14(18-2)10-6-12/h7-9,11-14,16,22H,2-6,10,15H2,1H3;2*1-14H;5-10H,1-4H3;3-10H,1-2H3. The molecule has 0 bridgehead atoms. The molecule has 14 rings (SSSR count). The van der Waals surface area contributed by atoms with Gasteiger partial charge in [0, 0.05) is 56.1 Å². The van der Waals surface area contributed by atoms with Gasteiger partial charge < -0.3 is 38.3 Å². The summed E-state index contributed by atoms with van der Waals surface area (Å²) in [7, 11) is 9.35. The first-order chi connectivity index (χ1) is 52.8. The Balaban J connectivity index is 0.000000144. The molecule has 13 heteroatoms. The van der Waals surface area contributed by atoms with Crippen LogP contribution in [0.15, 0.2) is 303 Å². The molecule has 0 amide bonds. The van der Waals surface area contributed by atoms with Gasteiger partial charge in [-0.3, -0.25) is 24.0 Å². The highest BCUT2D eigenvalue weighted by Crippen LogP contribution is 2.34. The van der Waals surface area contributed by atoms with E-state index >= 15 is 0 Å². The smallest absolute Gasteiger partial charge is 0.196 e. The van der Waals surface area contributed by atoms with E-state index in [-0.39, 0.29) is 34.7 Å². The molecule has 13 nitrogen and oxygen atoms in total. The molecule has 0 spiro atoms. The Morgan fingerprint density at radius 2 is 0.620 bits per heavy atom. The number of aromatic hydroxyl groups is 1. The zero-order valence-electron chi connectivity index (χ0n) is 61.7. The minimum atomic E-state index is -0.185. The van der Waals surface area contributed by atoms with Gasteiger partial charge >= 0.3 is 0 Å². The number of unbranched alkanes of at least 4 members (excludes halogenated alkanes) is 5. The zero-order chi connectivity index (χ0) is 76.2. The maximum atomic E-state index is 13.1. The average molecular weight is 1440 g/mol. The van der Waals surface area contributed by atoms with E-state index in [2.05, 4.69) is 49.4 Å². The molecule has 0 unspecified atom stereocenters. The van der Waals surface area contributed by atoms with Crippen LogP contribution in [0.5, 0.6) is 46.0 Å². The number of phenols is 1. The van der Waals surface area contributed by atoms with Crippen molar-refractivity contribution in [3.63, 3.8) is 0 Å². The van der Waals surface area contributed by atoms with Crippen molar-refractivity contribution in [3.8, 4) is 46.0 Å². The molecule has 0 aliphatic heterocycles. The van der Waals surface area contributed by atoms with Gasteiger partial charge in [-0.2, -0.15) is 0 Å². The van der Waals surface area contributed by atoms with Gasteiger partial charge in [-0.15, -0.1) is 0 Å². The quantitative estimate of drug-likeness (QED) is 0.0345. The van der Waals surface area contributed by atoms with Crippen LogP contribution in [-0.4, -0.2) is 83.3 Å². The zero-order valence-corrected chi connectivity index (χ0v) is 61.7. The number of carbonyl (C=O) groups is 5. The van der Waals surface area contributed by atoms with Gasteiger partial charge in [0.15, 0.2) is 51.9 Å². The van der Waals surface area contributed by atoms with Crippen LogP contribution >= 0.6 is 0 Å². The van der Waals surface area contributed by atoms with Crippen molar-refractivity contribution in [2.24, 2.45) is 0 Å². The fourth-order valence-corrected chi connectivity index (χ4v) is 12.2. The van der Waals surface area contributed by atoms with Crippen molar-refractivity contribution >= 4 is 72.0 Å². The second kappa shape index (κ2) is 39.1. The average Bonchev–Trinajstić information content (AvgIpc) is 0.765. The lowest BCUT2D eigenvalue weighted by Crippen LogP contribution is -2.03. The van der Waals surface area contributed by atoms with Crippen LogP contribution in [0.25, 0.3) is 43.1 Å². The van der Waals surface area contributed by atoms with Gasteiger partial charge in [0.2, 0.25) is 0 Å². The first-order valence-electron chi connectivity index (χ1n) is 35.7. The van der Waals surface area contributed by atoms with E-state index in [9.17, 15) is 29.1 Å². The maximum Gasteiger partial charge on any atom is 0.196 e. The van der Waals surface area contributed by atoms with E-state index in [1.165, 1.54) is 56.7 Å². The lowest BCUT2D eigenvalue weighted by molar-refractivity contribution is 0.102. The van der Waals surface area contributed by atoms with Crippen LogP contribution in [0, 0.1) is 0 Å². The van der Waals surface area contributed by atoms with Crippen LogP contribution in [0.3, 0.4) is 0 Å². The third-order valence-electron chi connectivity index (χ3n) is 18.0. The first-order valence-corrected chi connectivity index (χ1v) is 35.7. The number of hydrogen-bond donors (Lipinski definition) is 1. The Hall–Kier alpha value is -13.1. The third-order valence-corrected chi connectivity index (χ3v) is 18.0. The monoisotopic (exact) mass is 1430 g/mol. The Morgan fingerprint density at radius 3 is 1.09 bits per heavy atom. The number of hydrogen-bond acceptors (Lipinski definition) is 13. The van der Waals surface area contributed by atoms with Crippen LogP contribution in [-0.2, 0) is 0 Å². The highest BCUT2D eigenvalue weighted by Gasteiger charge is 2.20. The number of carbonyl (C=O) groups excluding carboxylic acids is 5. The van der Waals surface area contributed by atoms with Crippen LogP contribution in [0.4, 0.5) is 0 Å². The van der Waals surface area contributed by atoms with Crippen LogP contribution < -0.4 is 33.2 Å². The predicted octanol–water partition coefficient (Wildman–Crippen LogP) is 21.7. The fraction of sp³-hybridized carbons (Fsp3) is 0.147. The molecule has 0 fully saturated rings. The maximum absolute atomic E-state index is 13.1. The topological polar surface area (TPSA) is 170 Å². The summed E-state index contributed by atoms with van der Waals surface area (Å²) in [6.45, 7) is 2.85. The molecule has 14 aromatic carbocycles. The van der Waals surface area contributed by atoms with Gasteiger partial charge in [-0.25, -0.2) is 0 Å². The molecule has 14 aromatic rings. The predicted molar refractivity (Wildman–Crippen MR) is 431 cm³/mol. The Morgan fingerprint density at radius 1 is 0.269 bits per heavy atom. The second-order valence-corrected chi connectivity index (χ2v) is 25.1. The summed E-state index contributed by atoms with van der Waals surface area (Å²) in [6.07, 6.45) is 7.25. The lowest BCUT2D eigenvalue weighted by atomic mass is 9.92. The fourth-order valence-electron chi connectivity index (χ4n) is 12.2. The largest absolute Gasteiger partial charge is 0.507 e. The molecule has 0 heterocycles. The van der Waals surface area contributed by atoms with Gasteiger partial charge in [-0.05, 0) is 171 Å². The van der Waals surface area contributed by atoms with Gasteiger partial charge in [0.25, 0.3) is 0 Å².